The molecule has 0 radical (unpaired) electrons. The molecule has 32 heavy (non-hydrogen) atoms. The number of nitrogens with zero attached hydrogens (tertiary/aromatic N) is 2. The van der Waals surface area contributed by atoms with Crippen LogP contribution in [0.2, 0.25) is 5.02 Å². The summed E-state index contributed by atoms with van der Waals surface area (Å²) in [4.78, 5) is 41.4. The maximum absolute atomic E-state index is 13.2. The number of imide groups is 1. The summed E-state index contributed by atoms with van der Waals surface area (Å²) < 4.78 is 22.9. The number of carbonyl (C=O) groups excluding carboxylic acids is 3. The number of anilines is 1. The number of amides is 3. The second-order valence-corrected chi connectivity index (χ2v) is 10.0. The van der Waals surface area contributed by atoms with Gasteiger partial charge in [-0.1, -0.05) is 23.7 Å². The van der Waals surface area contributed by atoms with Gasteiger partial charge in [0, 0.05) is 17.5 Å². The molecule has 2 fully saturated rings. The first kappa shape index (κ1) is 22.4. The molecule has 2 aromatic carbocycles. The zero-order valence-electron chi connectivity index (χ0n) is 17.1. The Morgan fingerprint density at radius 2 is 1.69 bits per heavy atom. The van der Waals surface area contributed by atoms with Crippen LogP contribution in [0.1, 0.15) is 24.8 Å². The molecular weight excluding hydrogens is 454 g/mol. The second kappa shape index (κ2) is 8.65. The van der Waals surface area contributed by atoms with Crippen LogP contribution >= 0.6 is 11.6 Å². The summed E-state index contributed by atoms with van der Waals surface area (Å²) in [5.74, 6) is -1.05. The van der Waals surface area contributed by atoms with Gasteiger partial charge in [0.1, 0.15) is 6.04 Å². The van der Waals surface area contributed by atoms with Crippen molar-refractivity contribution in [3.63, 3.8) is 0 Å². The molecule has 0 aromatic heterocycles. The Bertz CT molecular complexity index is 1160. The summed E-state index contributed by atoms with van der Waals surface area (Å²) >= 11 is 5.91. The van der Waals surface area contributed by atoms with Gasteiger partial charge in [-0.25, -0.2) is 18.5 Å². The fourth-order valence-electron chi connectivity index (χ4n) is 3.80. The number of carbonyl (C=O) groups is 3. The summed E-state index contributed by atoms with van der Waals surface area (Å²) in [7, 11) is -3.79. The maximum Gasteiger partial charge on any atom is 0.257 e. The van der Waals surface area contributed by atoms with E-state index < -0.39 is 22.0 Å². The standard InChI is InChI=1S/C22H22ClN3O5S/c23-16-5-7-17(8-6-16)26-20(27)13-19(22(26)29)25(21(28)15-3-4-15)12-11-14-1-9-18(10-2-14)32(24,30)31/h1-2,5-10,15,19H,3-4,11-13H2,(H2,24,30,31). The van der Waals surface area contributed by atoms with Crippen LogP contribution in [0.25, 0.3) is 0 Å². The fourth-order valence-corrected chi connectivity index (χ4v) is 4.44. The molecule has 1 saturated carbocycles. The van der Waals surface area contributed by atoms with Gasteiger partial charge >= 0.3 is 0 Å². The van der Waals surface area contributed by atoms with Gasteiger partial charge in [-0.05, 0) is 61.2 Å². The number of primary sulfonamides is 1. The highest BCUT2D eigenvalue weighted by molar-refractivity contribution is 7.89. The first-order valence-corrected chi connectivity index (χ1v) is 12.1. The van der Waals surface area contributed by atoms with Crippen molar-refractivity contribution in [3.8, 4) is 0 Å². The number of hydrogen-bond acceptors (Lipinski definition) is 5. The van der Waals surface area contributed by atoms with Gasteiger partial charge in [-0.15, -0.1) is 0 Å². The lowest BCUT2D eigenvalue weighted by molar-refractivity contribution is -0.139. The highest BCUT2D eigenvalue weighted by atomic mass is 35.5. The van der Waals surface area contributed by atoms with Crippen LogP contribution in [-0.2, 0) is 30.8 Å². The molecule has 168 valence electrons. The van der Waals surface area contributed by atoms with Crippen molar-refractivity contribution in [1.82, 2.24) is 4.90 Å². The van der Waals surface area contributed by atoms with Crippen molar-refractivity contribution in [2.24, 2.45) is 11.1 Å². The van der Waals surface area contributed by atoms with Crippen LogP contribution in [0, 0.1) is 5.92 Å². The van der Waals surface area contributed by atoms with Gasteiger partial charge in [0.05, 0.1) is 17.0 Å². The Kier molecular flexibility index (Phi) is 6.07. The van der Waals surface area contributed by atoms with Crippen molar-refractivity contribution < 1.29 is 22.8 Å². The smallest absolute Gasteiger partial charge is 0.257 e. The van der Waals surface area contributed by atoms with E-state index in [2.05, 4.69) is 0 Å². The topological polar surface area (TPSA) is 118 Å². The maximum atomic E-state index is 13.2. The number of sulfonamides is 1. The molecule has 1 aliphatic carbocycles. The summed E-state index contributed by atoms with van der Waals surface area (Å²) in [5, 5.41) is 5.62. The van der Waals surface area contributed by atoms with Crippen LogP contribution in [0.15, 0.2) is 53.4 Å². The summed E-state index contributed by atoms with van der Waals surface area (Å²) in [6.45, 7) is 0.238. The van der Waals surface area contributed by atoms with E-state index in [-0.39, 0.29) is 35.6 Å². The molecule has 2 N–H and O–H groups in total. The highest BCUT2D eigenvalue weighted by Gasteiger charge is 2.46. The van der Waals surface area contributed by atoms with Crippen LogP contribution in [0.5, 0.6) is 0 Å². The third-order valence-corrected chi connectivity index (χ3v) is 6.87. The van der Waals surface area contributed by atoms with Gasteiger partial charge < -0.3 is 4.90 Å². The van der Waals surface area contributed by atoms with E-state index in [1.165, 1.54) is 17.0 Å². The molecule has 1 heterocycles. The van der Waals surface area contributed by atoms with Crippen LogP contribution in [0.4, 0.5) is 5.69 Å². The molecule has 0 spiro atoms. The third-order valence-electron chi connectivity index (χ3n) is 5.69. The molecule has 1 saturated heterocycles. The average molecular weight is 476 g/mol. The van der Waals surface area contributed by atoms with Crippen molar-refractivity contribution in [2.75, 3.05) is 11.4 Å². The Morgan fingerprint density at radius 3 is 2.25 bits per heavy atom. The second-order valence-electron chi connectivity index (χ2n) is 8.01. The molecule has 4 rings (SSSR count). The lowest BCUT2D eigenvalue weighted by atomic mass is 10.1. The molecule has 1 aliphatic heterocycles. The van der Waals surface area contributed by atoms with Gasteiger partial charge in [0.25, 0.3) is 5.91 Å². The first-order chi connectivity index (χ1) is 15.1. The number of rotatable bonds is 7. The molecule has 1 unspecified atom stereocenters. The normalized spacial score (nSPS) is 18.8. The van der Waals surface area contributed by atoms with Gasteiger partial charge in [0.15, 0.2) is 0 Å². The zero-order valence-corrected chi connectivity index (χ0v) is 18.7. The van der Waals surface area contributed by atoms with E-state index in [0.717, 1.165) is 23.3 Å². The van der Waals surface area contributed by atoms with Crippen LogP contribution < -0.4 is 10.0 Å². The van der Waals surface area contributed by atoms with E-state index in [1.54, 1.807) is 36.4 Å². The predicted molar refractivity (Wildman–Crippen MR) is 118 cm³/mol. The van der Waals surface area contributed by atoms with Crippen molar-refractivity contribution in [1.29, 1.82) is 0 Å². The minimum atomic E-state index is -3.79. The largest absolute Gasteiger partial charge is 0.330 e. The van der Waals surface area contributed by atoms with Crippen LogP contribution in [-0.4, -0.2) is 43.6 Å². The van der Waals surface area contributed by atoms with E-state index in [0.29, 0.717) is 17.1 Å². The first-order valence-electron chi connectivity index (χ1n) is 10.2. The molecule has 10 heteroatoms. The molecule has 2 aromatic rings. The summed E-state index contributed by atoms with van der Waals surface area (Å²) in [6.07, 6.45) is 1.87. The van der Waals surface area contributed by atoms with Crippen molar-refractivity contribution >= 4 is 45.0 Å². The van der Waals surface area contributed by atoms with Crippen LogP contribution in [0.3, 0.4) is 0 Å². The van der Waals surface area contributed by atoms with Crippen molar-refractivity contribution in [3.05, 3.63) is 59.1 Å². The van der Waals surface area contributed by atoms with E-state index in [4.69, 9.17) is 16.7 Å². The number of benzene rings is 2. The summed E-state index contributed by atoms with van der Waals surface area (Å²) in [5.41, 5.74) is 1.21. The van der Waals surface area contributed by atoms with E-state index >= 15 is 0 Å². The number of hydrogen-bond donors (Lipinski definition) is 1. The zero-order chi connectivity index (χ0) is 23.0. The predicted octanol–water partition coefficient (Wildman–Crippen LogP) is 2.10. The average Bonchev–Trinajstić information content (AvgIpc) is 3.55. The molecule has 1 atom stereocenters. The van der Waals surface area contributed by atoms with Crippen molar-refractivity contribution in [2.45, 2.75) is 36.6 Å². The minimum absolute atomic E-state index is 0.00216. The molecule has 0 bridgehead atoms. The SMILES string of the molecule is NS(=O)(=O)c1ccc(CCN(C(=O)C2CC2)C2CC(=O)N(c3ccc(Cl)cc3)C2=O)cc1. The lowest BCUT2D eigenvalue weighted by Gasteiger charge is -2.28. The third kappa shape index (κ3) is 4.69. The minimum Gasteiger partial charge on any atom is -0.330 e. The Balaban J connectivity index is 1.53. The van der Waals surface area contributed by atoms with Gasteiger partial charge in [0.2, 0.25) is 21.8 Å². The van der Waals surface area contributed by atoms with Gasteiger partial charge in [-0.3, -0.25) is 14.4 Å². The molecule has 3 amide bonds. The highest BCUT2D eigenvalue weighted by Crippen LogP contribution is 2.34. The summed E-state index contributed by atoms with van der Waals surface area (Å²) in [6, 6.07) is 11.6. The Hall–Kier alpha value is -2.75. The van der Waals surface area contributed by atoms with Gasteiger partial charge in [-0.2, -0.15) is 0 Å². The van der Waals surface area contributed by atoms with E-state index in [9.17, 15) is 22.8 Å². The quantitative estimate of drug-likeness (QED) is 0.615. The Labute approximate surface area is 191 Å². The lowest BCUT2D eigenvalue weighted by Crippen LogP contribution is -2.47. The number of halogens is 1. The molecular formula is C22H22ClN3O5S. The monoisotopic (exact) mass is 475 g/mol. The fraction of sp³-hybridized carbons (Fsp3) is 0.318. The van der Waals surface area contributed by atoms with E-state index in [1.807, 2.05) is 0 Å². The molecule has 8 nitrogen and oxygen atoms in total. The number of nitrogens with two attached hydrogens (primary N) is 1. The molecule has 2 aliphatic rings. The Morgan fingerprint density at radius 1 is 1.06 bits per heavy atom.